The first-order valence-corrected chi connectivity index (χ1v) is 5.00. The molecule has 0 aliphatic rings. The molecule has 0 unspecified atom stereocenters. The molecule has 4 nitrogen and oxygen atoms in total. The minimum Gasteiger partial charge on any atom is -0.319 e. The number of hydrogen-bond donors (Lipinski definition) is 1. The molecule has 14 heavy (non-hydrogen) atoms. The molecule has 1 heterocycles. The van der Waals surface area contributed by atoms with E-state index < -0.39 is 0 Å². The molecule has 0 bridgehead atoms. The molecule has 0 atom stereocenters. The van der Waals surface area contributed by atoms with Crippen molar-refractivity contribution in [2.75, 3.05) is 13.6 Å². The molecule has 1 aromatic rings. The van der Waals surface area contributed by atoms with Gasteiger partial charge in [-0.2, -0.15) is 5.10 Å². The number of aryl methyl sites for hydroxylation is 1. The third-order valence-electron chi connectivity index (χ3n) is 2.08. The van der Waals surface area contributed by atoms with E-state index in [0.717, 1.165) is 24.6 Å². The van der Waals surface area contributed by atoms with Crippen molar-refractivity contribution in [1.29, 1.82) is 0 Å². The lowest BCUT2D eigenvalue weighted by Gasteiger charge is -2.15. The summed E-state index contributed by atoms with van der Waals surface area (Å²) in [6, 6.07) is 0. The first kappa shape index (κ1) is 11.2. The highest BCUT2D eigenvalue weighted by Gasteiger charge is 2.20. The van der Waals surface area contributed by atoms with Crippen LogP contribution in [0.2, 0.25) is 0 Å². The highest BCUT2D eigenvalue weighted by atomic mass is 15.3. The van der Waals surface area contributed by atoms with Crippen molar-refractivity contribution in [3.05, 3.63) is 11.6 Å². The Hall–Kier alpha value is -0.900. The van der Waals surface area contributed by atoms with Gasteiger partial charge >= 0.3 is 0 Å². The Morgan fingerprint density at radius 2 is 2.00 bits per heavy atom. The zero-order chi connectivity index (χ0) is 10.8. The Bertz CT molecular complexity index is 296. The summed E-state index contributed by atoms with van der Waals surface area (Å²) in [6.45, 7) is 7.38. The molecule has 0 aliphatic carbocycles. The van der Waals surface area contributed by atoms with Crippen molar-refractivity contribution in [1.82, 2.24) is 20.1 Å². The molecule has 0 aromatic carbocycles. The van der Waals surface area contributed by atoms with Gasteiger partial charge in [-0.3, -0.25) is 4.68 Å². The van der Waals surface area contributed by atoms with Crippen LogP contribution in [0.25, 0.3) is 0 Å². The maximum atomic E-state index is 4.53. The van der Waals surface area contributed by atoms with E-state index in [2.05, 4.69) is 36.2 Å². The lowest BCUT2D eigenvalue weighted by Crippen LogP contribution is -2.17. The van der Waals surface area contributed by atoms with Crippen LogP contribution in [0, 0.1) is 0 Å². The second-order valence-electron chi connectivity index (χ2n) is 4.58. The quantitative estimate of drug-likeness (QED) is 0.780. The summed E-state index contributed by atoms with van der Waals surface area (Å²) in [5.74, 6) is 1.97. The fourth-order valence-corrected chi connectivity index (χ4v) is 1.43. The van der Waals surface area contributed by atoms with E-state index >= 15 is 0 Å². The Kier molecular flexibility index (Phi) is 3.26. The van der Waals surface area contributed by atoms with Gasteiger partial charge in [0.1, 0.15) is 5.82 Å². The van der Waals surface area contributed by atoms with Crippen molar-refractivity contribution in [3.63, 3.8) is 0 Å². The van der Waals surface area contributed by atoms with Gasteiger partial charge < -0.3 is 5.32 Å². The number of nitrogens with zero attached hydrogens (tertiary/aromatic N) is 3. The highest BCUT2D eigenvalue weighted by Crippen LogP contribution is 2.19. The van der Waals surface area contributed by atoms with Crippen LogP contribution in [0.5, 0.6) is 0 Å². The van der Waals surface area contributed by atoms with Gasteiger partial charge in [0.15, 0.2) is 5.82 Å². The summed E-state index contributed by atoms with van der Waals surface area (Å²) in [7, 11) is 3.89. The largest absolute Gasteiger partial charge is 0.319 e. The van der Waals surface area contributed by atoms with E-state index in [9.17, 15) is 0 Å². The maximum Gasteiger partial charge on any atom is 0.152 e. The van der Waals surface area contributed by atoms with Gasteiger partial charge in [0.25, 0.3) is 0 Å². The van der Waals surface area contributed by atoms with Crippen LogP contribution in [0.3, 0.4) is 0 Å². The molecule has 0 saturated carbocycles. The van der Waals surface area contributed by atoms with Crippen molar-refractivity contribution >= 4 is 0 Å². The predicted octanol–water partition coefficient (Wildman–Crippen LogP) is 0.874. The van der Waals surface area contributed by atoms with E-state index in [1.165, 1.54) is 0 Å². The van der Waals surface area contributed by atoms with Gasteiger partial charge in [0.05, 0.1) is 0 Å². The molecule has 80 valence electrons. The molecule has 1 rings (SSSR count). The van der Waals surface area contributed by atoms with Crippen molar-refractivity contribution in [3.8, 4) is 0 Å². The Labute approximate surface area is 85.7 Å². The molecule has 0 amide bonds. The van der Waals surface area contributed by atoms with Crippen molar-refractivity contribution in [2.24, 2.45) is 7.05 Å². The molecule has 0 fully saturated rings. The molecule has 4 heteroatoms. The third kappa shape index (κ3) is 2.54. The molecular weight excluding hydrogens is 176 g/mol. The standard InChI is InChI=1S/C10H20N4/c1-10(2,3)9-12-8(6-7-11-4)13-14(9)5/h11H,6-7H2,1-5H3. The van der Waals surface area contributed by atoms with E-state index in [-0.39, 0.29) is 5.41 Å². The Morgan fingerprint density at radius 3 is 2.43 bits per heavy atom. The summed E-state index contributed by atoms with van der Waals surface area (Å²) >= 11 is 0. The Morgan fingerprint density at radius 1 is 1.36 bits per heavy atom. The van der Waals surface area contributed by atoms with E-state index in [0.29, 0.717) is 0 Å². The fourth-order valence-electron chi connectivity index (χ4n) is 1.43. The lowest BCUT2D eigenvalue weighted by atomic mass is 9.96. The molecule has 0 aliphatic heterocycles. The van der Waals surface area contributed by atoms with Gasteiger partial charge in [-0.25, -0.2) is 4.98 Å². The first-order valence-electron chi connectivity index (χ1n) is 5.00. The highest BCUT2D eigenvalue weighted by molar-refractivity contribution is 5.04. The Balaban J connectivity index is 2.83. The molecule has 0 radical (unpaired) electrons. The molecule has 1 N–H and O–H groups in total. The normalized spacial score (nSPS) is 12.1. The molecule has 0 saturated heterocycles. The predicted molar refractivity (Wildman–Crippen MR) is 57.3 cm³/mol. The van der Waals surface area contributed by atoms with Crippen LogP contribution in [0.1, 0.15) is 32.4 Å². The summed E-state index contributed by atoms with van der Waals surface area (Å²) in [6.07, 6.45) is 0.889. The summed E-state index contributed by atoms with van der Waals surface area (Å²) in [4.78, 5) is 4.53. The summed E-state index contributed by atoms with van der Waals surface area (Å²) in [5.41, 5.74) is 0.0691. The topological polar surface area (TPSA) is 42.7 Å². The first-order chi connectivity index (χ1) is 6.45. The van der Waals surface area contributed by atoms with Gasteiger partial charge in [0, 0.05) is 25.4 Å². The maximum absolute atomic E-state index is 4.53. The third-order valence-corrected chi connectivity index (χ3v) is 2.08. The molecule has 0 spiro atoms. The number of likely N-dealkylation sites (N-methyl/N-ethyl adjacent to an activating group) is 1. The monoisotopic (exact) mass is 196 g/mol. The number of hydrogen-bond acceptors (Lipinski definition) is 3. The van der Waals surface area contributed by atoms with Crippen LogP contribution in [0.4, 0.5) is 0 Å². The zero-order valence-corrected chi connectivity index (χ0v) is 9.76. The minimum absolute atomic E-state index is 0.0691. The van der Waals surface area contributed by atoms with Crippen molar-refractivity contribution in [2.45, 2.75) is 32.6 Å². The van der Waals surface area contributed by atoms with Crippen LogP contribution in [-0.4, -0.2) is 28.4 Å². The summed E-state index contributed by atoms with van der Waals surface area (Å²) in [5, 5.41) is 7.47. The number of rotatable bonds is 3. The van der Waals surface area contributed by atoms with Crippen LogP contribution < -0.4 is 5.32 Å². The van der Waals surface area contributed by atoms with E-state index in [1.807, 2.05) is 18.8 Å². The minimum atomic E-state index is 0.0691. The average Bonchev–Trinajstić information content (AvgIpc) is 2.42. The van der Waals surface area contributed by atoms with E-state index in [4.69, 9.17) is 0 Å². The van der Waals surface area contributed by atoms with Gasteiger partial charge in [0.2, 0.25) is 0 Å². The van der Waals surface area contributed by atoms with Gasteiger partial charge in [-0.15, -0.1) is 0 Å². The number of nitrogens with one attached hydrogen (secondary N) is 1. The van der Waals surface area contributed by atoms with Crippen LogP contribution in [-0.2, 0) is 18.9 Å². The van der Waals surface area contributed by atoms with Crippen LogP contribution in [0.15, 0.2) is 0 Å². The lowest BCUT2D eigenvalue weighted by molar-refractivity contribution is 0.506. The average molecular weight is 196 g/mol. The number of aromatic nitrogens is 3. The van der Waals surface area contributed by atoms with Crippen molar-refractivity contribution < 1.29 is 0 Å². The molecular formula is C10H20N4. The second-order valence-corrected chi connectivity index (χ2v) is 4.58. The second kappa shape index (κ2) is 4.09. The summed E-state index contributed by atoms with van der Waals surface area (Å²) < 4.78 is 1.88. The van der Waals surface area contributed by atoms with Gasteiger partial charge in [-0.1, -0.05) is 20.8 Å². The van der Waals surface area contributed by atoms with Gasteiger partial charge in [-0.05, 0) is 7.05 Å². The molecule has 1 aromatic heterocycles. The zero-order valence-electron chi connectivity index (χ0n) is 9.76. The SMILES string of the molecule is CNCCc1nc(C(C)(C)C)n(C)n1. The fraction of sp³-hybridized carbons (Fsp3) is 0.800. The van der Waals surface area contributed by atoms with E-state index in [1.54, 1.807) is 0 Å². The smallest absolute Gasteiger partial charge is 0.152 e. The van der Waals surface area contributed by atoms with Crippen LogP contribution >= 0.6 is 0 Å².